The van der Waals surface area contributed by atoms with Crippen LogP contribution in [-0.4, -0.2) is 60.2 Å². The lowest BCUT2D eigenvalue weighted by atomic mass is 9.91. The number of nitrogens with zero attached hydrogens (tertiary/aromatic N) is 1. The Balaban J connectivity index is 1.40. The number of ether oxygens (including phenoxy) is 2. The Kier molecular flexibility index (Phi) is 12.4. The van der Waals surface area contributed by atoms with E-state index in [1.54, 1.807) is 12.0 Å². The lowest BCUT2D eigenvalue weighted by Crippen LogP contribution is -2.49. The average Bonchev–Trinajstić information content (AvgIpc) is 3.10. The van der Waals surface area contributed by atoms with Gasteiger partial charge in [0.15, 0.2) is 0 Å². The number of carbonyl (C=O) groups is 3. The van der Waals surface area contributed by atoms with E-state index in [4.69, 9.17) is 9.47 Å². The van der Waals surface area contributed by atoms with Gasteiger partial charge in [-0.15, -0.1) is 0 Å². The molecule has 2 aliphatic rings. The van der Waals surface area contributed by atoms with Gasteiger partial charge in [-0.2, -0.15) is 0 Å². The van der Waals surface area contributed by atoms with E-state index in [2.05, 4.69) is 5.32 Å². The summed E-state index contributed by atoms with van der Waals surface area (Å²) in [5.74, 6) is -1.80. The van der Waals surface area contributed by atoms with Gasteiger partial charge in [0.1, 0.15) is 6.10 Å². The van der Waals surface area contributed by atoms with Crippen molar-refractivity contribution in [1.29, 1.82) is 0 Å². The molecule has 0 saturated carbocycles. The first-order chi connectivity index (χ1) is 23.0. The van der Waals surface area contributed by atoms with Crippen LogP contribution in [0.5, 0.6) is 0 Å². The minimum Gasteiger partial charge on any atom is -0.455 e. The standard InChI is InChI=1S/C39H46N2O6/c1-46-27-35-37(29-16-10-5-11-17-29)47-39(45)32(22-28-14-6-4-7-15-28)20-9-3-2-8-19-31(38(44)40-35)24-36(43)41-25-33-21-13-12-18-30(33)23-34(41)26-42/h2,4-8,10-18,21,31-32,34-35,37,42H,3,9,19-20,22-27H2,1H3,(H,40,44)/t31-,32-,34+,35+,37+/m1/s1. The number of aliphatic hydroxyl groups excluding tert-OH is 1. The fourth-order valence-corrected chi connectivity index (χ4v) is 6.65. The topological polar surface area (TPSA) is 105 Å². The minimum absolute atomic E-state index is 0.0104. The predicted molar refractivity (Wildman–Crippen MR) is 180 cm³/mol. The number of rotatable bonds is 8. The van der Waals surface area contributed by atoms with Crippen molar-refractivity contribution in [2.75, 3.05) is 20.3 Å². The summed E-state index contributed by atoms with van der Waals surface area (Å²) in [4.78, 5) is 43.4. The third-order valence-electron chi connectivity index (χ3n) is 9.26. The number of hydrogen-bond acceptors (Lipinski definition) is 6. The molecule has 3 aromatic rings. The number of benzene rings is 3. The Morgan fingerprint density at radius 1 is 0.936 bits per heavy atom. The van der Waals surface area contributed by atoms with Gasteiger partial charge < -0.3 is 24.8 Å². The number of fused-ring (bicyclic) bond motifs is 1. The van der Waals surface area contributed by atoms with Crippen LogP contribution in [0.4, 0.5) is 0 Å². The van der Waals surface area contributed by atoms with Crippen molar-refractivity contribution in [3.05, 3.63) is 119 Å². The second kappa shape index (κ2) is 17.0. The number of nitrogens with one attached hydrogen (secondary N) is 1. The van der Waals surface area contributed by atoms with E-state index in [1.165, 1.54) is 0 Å². The maximum absolute atomic E-state index is 14.0. The van der Waals surface area contributed by atoms with Crippen molar-refractivity contribution >= 4 is 17.8 Å². The molecule has 3 aromatic carbocycles. The molecule has 5 rings (SSSR count). The molecule has 0 fully saturated rings. The van der Waals surface area contributed by atoms with Crippen LogP contribution in [0.25, 0.3) is 0 Å². The normalized spacial score (nSPS) is 24.0. The quantitative estimate of drug-likeness (QED) is 0.255. The smallest absolute Gasteiger partial charge is 0.309 e. The first-order valence-corrected chi connectivity index (χ1v) is 16.7. The molecule has 2 aliphatic heterocycles. The molecule has 5 atom stereocenters. The highest BCUT2D eigenvalue weighted by atomic mass is 16.5. The van der Waals surface area contributed by atoms with Crippen molar-refractivity contribution in [3.8, 4) is 0 Å². The molecule has 2 amide bonds. The van der Waals surface area contributed by atoms with Crippen molar-refractivity contribution in [2.24, 2.45) is 11.8 Å². The molecular weight excluding hydrogens is 592 g/mol. The summed E-state index contributed by atoms with van der Waals surface area (Å²) in [7, 11) is 1.55. The Labute approximate surface area is 277 Å². The number of methoxy groups -OCH3 is 1. The molecule has 0 saturated heterocycles. The highest BCUT2D eigenvalue weighted by molar-refractivity contribution is 5.86. The van der Waals surface area contributed by atoms with Crippen LogP contribution >= 0.6 is 0 Å². The van der Waals surface area contributed by atoms with Crippen LogP contribution in [0.15, 0.2) is 97.1 Å². The molecule has 0 aliphatic carbocycles. The lowest BCUT2D eigenvalue weighted by molar-refractivity contribution is -0.158. The zero-order valence-corrected chi connectivity index (χ0v) is 27.1. The fourth-order valence-electron chi connectivity index (χ4n) is 6.65. The summed E-state index contributed by atoms with van der Waals surface area (Å²) in [5, 5.41) is 13.3. The SMILES string of the molecule is COC[C@@H]1NC(=O)[C@@H](CC(=O)N2Cc3ccccc3C[C@H]2CO)CC=CCCC[C@H](Cc2ccccc2)C(=O)O[C@H]1c1ccccc1. The summed E-state index contributed by atoms with van der Waals surface area (Å²) >= 11 is 0. The minimum atomic E-state index is -0.793. The first-order valence-electron chi connectivity index (χ1n) is 16.7. The molecule has 2 N–H and O–H groups in total. The third-order valence-corrected chi connectivity index (χ3v) is 9.26. The predicted octanol–water partition coefficient (Wildman–Crippen LogP) is 5.34. The molecule has 0 bridgehead atoms. The lowest BCUT2D eigenvalue weighted by Gasteiger charge is -2.37. The number of esters is 1. The second-order valence-corrected chi connectivity index (χ2v) is 12.6. The van der Waals surface area contributed by atoms with Gasteiger partial charge in [-0.3, -0.25) is 14.4 Å². The van der Waals surface area contributed by atoms with Crippen molar-refractivity contribution < 1.29 is 29.0 Å². The Bertz CT molecular complexity index is 1490. The van der Waals surface area contributed by atoms with E-state index in [1.807, 2.05) is 97.1 Å². The summed E-state index contributed by atoms with van der Waals surface area (Å²) in [6, 6.07) is 26.3. The van der Waals surface area contributed by atoms with E-state index < -0.39 is 18.1 Å². The van der Waals surface area contributed by atoms with Crippen LogP contribution in [-0.2, 0) is 43.2 Å². The average molecular weight is 639 g/mol. The molecule has 8 nitrogen and oxygen atoms in total. The van der Waals surface area contributed by atoms with Crippen LogP contribution in [0.2, 0.25) is 0 Å². The van der Waals surface area contributed by atoms with Crippen LogP contribution in [0, 0.1) is 11.8 Å². The number of hydrogen-bond donors (Lipinski definition) is 2. The number of aliphatic hydroxyl groups is 1. The molecule has 248 valence electrons. The number of amides is 2. The fraction of sp³-hybridized carbons (Fsp3) is 0.410. The van der Waals surface area contributed by atoms with E-state index in [-0.39, 0.29) is 49.4 Å². The van der Waals surface area contributed by atoms with E-state index in [0.29, 0.717) is 32.2 Å². The Morgan fingerprint density at radius 3 is 2.36 bits per heavy atom. The van der Waals surface area contributed by atoms with Crippen molar-refractivity contribution in [1.82, 2.24) is 10.2 Å². The monoisotopic (exact) mass is 638 g/mol. The van der Waals surface area contributed by atoms with E-state index >= 15 is 0 Å². The van der Waals surface area contributed by atoms with Gasteiger partial charge in [0.25, 0.3) is 0 Å². The summed E-state index contributed by atoms with van der Waals surface area (Å²) in [6.07, 6.45) is 6.90. The van der Waals surface area contributed by atoms with Gasteiger partial charge in [0.05, 0.1) is 37.1 Å². The first kappa shape index (κ1) is 34.1. The maximum atomic E-state index is 14.0. The molecule has 0 radical (unpaired) electrons. The highest BCUT2D eigenvalue weighted by Gasteiger charge is 2.35. The molecule has 0 spiro atoms. The largest absolute Gasteiger partial charge is 0.455 e. The number of carbonyl (C=O) groups excluding carboxylic acids is 3. The van der Waals surface area contributed by atoms with Gasteiger partial charge in [-0.05, 0) is 60.8 Å². The highest BCUT2D eigenvalue weighted by Crippen LogP contribution is 2.29. The van der Waals surface area contributed by atoms with E-state index in [0.717, 1.165) is 35.1 Å². The summed E-state index contributed by atoms with van der Waals surface area (Å²) in [6.45, 7) is 0.350. The Morgan fingerprint density at radius 2 is 1.64 bits per heavy atom. The second-order valence-electron chi connectivity index (χ2n) is 12.6. The molecule has 47 heavy (non-hydrogen) atoms. The molecule has 0 unspecified atom stereocenters. The summed E-state index contributed by atoms with van der Waals surface area (Å²) in [5.41, 5.74) is 4.00. The summed E-state index contributed by atoms with van der Waals surface area (Å²) < 4.78 is 11.9. The van der Waals surface area contributed by atoms with Crippen molar-refractivity contribution in [3.63, 3.8) is 0 Å². The molecule has 2 heterocycles. The third kappa shape index (κ3) is 9.18. The van der Waals surface area contributed by atoms with Gasteiger partial charge in [0.2, 0.25) is 11.8 Å². The zero-order chi connectivity index (χ0) is 33.0. The van der Waals surface area contributed by atoms with Gasteiger partial charge in [-0.25, -0.2) is 0 Å². The van der Waals surface area contributed by atoms with E-state index in [9.17, 15) is 19.5 Å². The molecule has 0 aromatic heterocycles. The Hall–Kier alpha value is -4.27. The molecular formula is C39H46N2O6. The van der Waals surface area contributed by atoms with Gasteiger partial charge in [-0.1, -0.05) is 97.1 Å². The van der Waals surface area contributed by atoms with Crippen LogP contribution in [0.1, 0.15) is 60.5 Å². The van der Waals surface area contributed by atoms with Crippen LogP contribution < -0.4 is 5.32 Å². The number of cyclic esters (lactones) is 1. The maximum Gasteiger partial charge on any atom is 0.309 e. The van der Waals surface area contributed by atoms with Gasteiger partial charge >= 0.3 is 5.97 Å². The number of allylic oxidation sites excluding steroid dienone is 2. The molecule has 8 heteroatoms. The van der Waals surface area contributed by atoms with Crippen molar-refractivity contribution in [2.45, 2.75) is 69.7 Å². The van der Waals surface area contributed by atoms with Crippen LogP contribution in [0.3, 0.4) is 0 Å². The van der Waals surface area contributed by atoms with Gasteiger partial charge in [0, 0.05) is 20.1 Å². The zero-order valence-electron chi connectivity index (χ0n) is 27.1.